The van der Waals surface area contributed by atoms with Gasteiger partial charge in [0, 0.05) is 54.5 Å². The Balaban J connectivity index is 1.36. The molecule has 0 aromatic heterocycles. The van der Waals surface area contributed by atoms with Gasteiger partial charge in [0.15, 0.2) is 5.78 Å². The van der Waals surface area contributed by atoms with E-state index in [2.05, 4.69) is 47.9 Å². The number of Topliss-reactive ketones (excluding diaryl/α,β-unsaturated/α-hetero) is 1. The molecule has 4 aliphatic rings. The van der Waals surface area contributed by atoms with E-state index in [0.29, 0.717) is 5.56 Å². The number of benzene rings is 2. The van der Waals surface area contributed by atoms with E-state index < -0.39 is 0 Å². The first-order valence-electron chi connectivity index (χ1n) is 11.4. The molecule has 4 heteroatoms. The smallest absolute Gasteiger partial charge is 0.194 e. The Morgan fingerprint density at radius 2 is 1.77 bits per heavy atom. The highest BCUT2D eigenvalue weighted by Crippen LogP contribution is 2.50. The molecular weight excluding hydrogens is 382 g/mol. The average Bonchev–Trinajstić information content (AvgIpc) is 3.57. The Hall–Kier alpha value is -2.90. The molecule has 156 valence electrons. The van der Waals surface area contributed by atoms with E-state index >= 15 is 0 Å². The Kier molecular flexibility index (Phi) is 3.98. The fraction of sp³-hybridized carbons (Fsp3) is 0.407. The second-order valence-corrected chi connectivity index (χ2v) is 9.95. The van der Waals surface area contributed by atoms with Gasteiger partial charge in [-0.1, -0.05) is 26.0 Å². The SMILES string of the molecule is CC1(C)C2=C(C(=O)c3cc(N4CCN(C5CC5)CC4)ccc31)c1ccc(C#N)cc1C2. The van der Waals surface area contributed by atoms with Gasteiger partial charge in [-0.05, 0) is 65.8 Å². The van der Waals surface area contributed by atoms with Crippen LogP contribution < -0.4 is 4.90 Å². The number of fused-ring (bicyclic) bond motifs is 3. The minimum atomic E-state index is -0.201. The van der Waals surface area contributed by atoms with E-state index in [1.165, 1.54) is 24.1 Å². The van der Waals surface area contributed by atoms with Gasteiger partial charge in [-0.15, -0.1) is 0 Å². The molecule has 2 fully saturated rings. The van der Waals surface area contributed by atoms with Crippen LogP contribution >= 0.6 is 0 Å². The number of allylic oxidation sites excluding steroid dienone is 2. The third-order valence-electron chi connectivity index (χ3n) is 7.82. The summed E-state index contributed by atoms with van der Waals surface area (Å²) in [7, 11) is 0. The third-order valence-corrected chi connectivity index (χ3v) is 7.82. The second kappa shape index (κ2) is 6.55. The molecule has 0 N–H and O–H groups in total. The highest BCUT2D eigenvalue weighted by molar-refractivity contribution is 6.33. The van der Waals surface area contributed by atoms with Crippen molar-refractivity contribution in [3.63, 3.8) is 0 Å². The van der Waals surface area contributed by atoms with E-state index in [-0.39, 0.29) is 11.2 Å². The number of nitriles is 1. The first-order chi connectivity index (χ1) is 15.0. The molecule has 1 saturated heterocycles. The quantitative estimate of drug-likeness (QED) is 0.741. The summed E-state index contributed by atoms with van der Waals surface area (Å²) in [6.45, 7) is 8.76. The molecule has 6 rings (SSSR count). The van der Waals surface area contributed by atoms with E-state index in [4.69, 9.17) is 0 Å². The van der Waals surface area contributed by atoms with Crippen LogP contribution in [0.15, 0.2) is 42.0 Å². The largest absolute Gasteiger partial charge is 0.369 e. The number of piperazine rings is 1. The van der Waals surface area contributed by atoms with Crippen molar-refractivity contribution >= 4 is 17.0 Å². The lowest BCUT2D eigenvalue weighted by atomic mass is 9.68. The number of hydrogen-bond acceptors (Lipinski definition) is 4. The second-order valence-electron chi connectivity index (χ2n) is 9.95. The maximum atomic E-state index is 13.7. The molecule has 2 aromatic rings. The zero-order valence-corrected chi connectivity index (χ0v) is 18.2. The molecule has 31 heavy (non-hydrogen) atoms. The van der Waals surface area contributed by atoms with Gasteiger partial charge in [-0.25, -0.2) is 0 Å². The molecule has 2 aromatic carbocycles. The standard InChI is InChI=1S/C27H27N3O/c1-27(2)23-8-6-20(30-11-9-29(10-12-30)19-4-5-19)15-22(23)26(31)25-21-7-3-17(16-28)13-18(21)14-24(25)27/h3,6-8,13,15,19H,4-5,9-12,14H2,1-2H3. The molecular formula is C27H27N3O. The van der Waals surface area contributed by atoms with Crippen molar-refractivity contribution < 1.29 is 4.79 Å². The molecule has 0 unspecified atom stereocenters. The predicted octanol–water partition coefficient (Wildman–Crippen LogP) is 4.33. The molecule has 0 radical (unpaired) electrons. The number of hydrogen-bond donors (Lipinski definition) is 0. The summed E-state index contributed by atoms with van der Waals surface area (Å²) in [6.07, 6.45) is 3.47. The lowest BCUT2D eigenvalue weighted by Crippen LogP contribution is -2.47. The van der Waals surface area contributed by atoms with Gasteiger partial charge in [0.05, 0.1) is 11.6 Å². The van der Waals surface area contributed by atoms with Crippen LogP contribution in [0.4, 0.5) is 5.69 Å². The van der Waals surface area contributed by atoms with Crippen molar-refractivity contribution in [2.75, 3.05) is 31.1 Å². The Bertz CT molecular complexity index is 1190. The van der Waals surface area contributed by atoms with Gasteiger partial charge in [-0.2, -0.15) is 5.26 Å². The van der Waals surface area contributed by atoms with Crippen molar-refractivity contribution in [1.82, 2.24) is 4.90 Å². The van der Waals surface area contributed by atoms with Gasteiger partial charge in [0.25, 0.3) is 0 Å². The summed E-state index contributed by atoms with van der Waals surface area (Å²) in [5.74, 6) is 0.145. The number of rotatable bonds is 2. The van der Waals surface area contributed by atoms with Gasteiger partial charge in [0.2, 0.25) is 0 Å². The maximum absolute atomic E-state index is 13.7. The van der Waals surface area contributed by atoms with E-state index in [1.807, 2.05) is 18.2 Å². The van der Waals surface area contributed by atoms with Crippen molar-refractivity contribution in [3.8, 4) is 6.07 Å². The molecule has 3 aliphatic carbocycles. The van der Waals surface area contributed by atoms with Crippen LogP contribution in [0.3, 0.4) is 0 Å². The Morgan fingerprint density at radius 3 is 2.48 bits per heavy atom. The van der Waals surface area contributed by atoms with E-state index in [1.54, 1.807) is 0 Å². The number of carbonyl (C=O) groups is 1. The molecule has 4 nitrogen and oxygen atoms in total. The molecule has 0 atom stereocenters. The minimum absolute atomic E-state index is 0.145. The van der Waals surface area contributed by atoms with Gasteiger partial charge in [-0.3, -0.25) is 9.69 Å². The fourth-order valence-corrected chi connectivity index (χ4v) is 5.83. The monoisotopic (exact) mass is 409 g/mol. The summed E-state index contributed by atoms with van der Waals surface area (Å²) < 4.78 is 0. The highest BCUT2D eigenvalue weighted by atomic mass is 16.1. The topological polar surface area (TPSA) is 47.3 Å². The van der Waals surface area contributed by atoms with Crippen molar-refractivity contribution in [3.05, 3.63) is 69.8 Å². The van der Waals surface area contributed by atoms with Crippen LogP contribution in [0.1, 0.15) is 59.3 Å². The van der Waals surface area contributed by atoms with Crippen molar-refractivity contribution in [2.45, 2.75) is 44.6 Å². The Morgan fingerprint density at radius 1 is 1.00 bits per heavy atom. The van der Waals surface area contributed by atoms with Crippen LogP contribution in [-0.2, 0) is 11.8 Å². The number of ketones is 1. The van der Waals surface area contributed by atoms with Crippen LogP contribution in [0.2, 0.25) is 0 Å². The highest BCUT2D eigenvalue weighted by Gasteiger charge is 2.43. The molecule has 1 heterocycles. The van der Waals surface area contributed by atoms with Crippen LogP contribution in [0, 0.1) is 11.3 Å². The molecule has 1 saturated carbocycles. The summed E-state index contributed by atoms with van der Waals surface area (Å²) in [6, 6.07) is 15.3. The predicted molar refractivity (Wildman–Crippen MR) is 122 cm³/mol. The van der Waals surface area contributed by atoms with Crippen molar-refractivity contribution in [2.24, 2.45) is 0 Å². The Labute approximate surface area is 183 Å². The molecule has 0 amide bonds. The van der Waals surface area contributed by atoms with E-state index in [0.717, 1.165) is 66.5 Å². The first kappa shape index (κ1) is 18.8. The van der Waals surface area contributed by atoms with Crippen LogP contribution in [-0.4, -0.2) is 42.9 Å². The van der Waals surface area contributed by atoms with Gasteiger partial charge < -0.3 is 4.90 Å². The molecule has 0 bridgehead atoms. The van der Waals surface area contributed by atoms with Crippen LogP contribution in [0.5, 0.6) is 0 Å². The number of anilines is 1. The number of nitrogens with zero attached hydrogens (tertiary/aromatic N) is 3. The molecule has 0 spiro atoms. The summed E-state index contributed by atoms with van der Waals surface area (Å²) in [4.78, 5) is 18.8. The summed E-state index contributed by atoms with van der Waals surface area (Å²) >= 11 is 0. The van der Waals surface area contributed by atoms with Gasteiger partial charge >= 0.3 is 0 Å². The number of carbonyl (C=O) groups excluding carboxylic acids is 1. The average molecular weight is 410 g/mol. The molecule has 1 aliphatic heterocycles. The zero-order valence-electron chi connectivity index (χ0n) is 18.2. The lowest BCUT2D eigenvalue weighted by molar-refractivity contribution is 0.105. The van der Waals surface area contributed by atoms with Crippen LogP contribution in [0.25, 0.3) is 5.57 Å². The van der Waals surface area contributed by atoms with Crippen molar-refractivity contribution in [1.29, 1.82) is 5.26 Å². The third kappa shape index (κ3) is 2.80. The normalized spacial score (nSPS) is 22.1. The lowest BCUT2D eigenvalue weighted by Gasteiger charge is -2.38. The minimum Gasteiger partial charge on any atom is -0.369 e. The summed E-state index contributed by atoms with van der Waals surface area (Å²) in [5, 5.41) is 9.29. The van der Waals surface area contributed by atoms with E-state index in [9.17, 15) is 10.1 Å². The zero-order chi connectivity index (χ0) is 21.3. The first-order valence-corrected chi connectivity index (χ1v) is 11.4. The maximum Gasteiger partial charge on any atom is 0.194 e. The fourth-order valence-electron chi connectivity index (χ4n) is 5.83. The summed E-state index contributed by atoms with van der Waals surface area (Å²) in [5.41, 5.74) is 7.79. The van der Waals surface area contributed by atoms with Gasteiger partial charge in [0.1, 0.15) is 0 Å².